The third kappa shape index (κ3) is 4.12. The van der Waals surface area contributed by atoms with E-state index in [0.29, 0.717) is 19.0 Å². The third-order valence-electron chi connectivity index (χ3n) is 5.00. The molecule has 0 aliphatic carbocycles. The Bertz CT molecular complexity index is 711. The summed E-state index contributed by atoms with van der Waals surface area (Å²) in [5.41, 5.74) is -0.475. The van der Waals surface area contributed by atoms with Gasteiger partial charge in [-0.15, -0.1) is 5.10 Å². The molecule has 3 heterocycles. The fraction of sp³-hybridized carbons (Fsp3) is 0.667. The highest BCUT2D eigenvalue weighted by Crippen LogP contribution is 2.31. The maximum atomic E-state index is 12.0. The molecule has 26 heavy (non-hydrogen) atoms. The molecule has 1 saturated heterocycles. The van der Waals surface area contributed by atoms with Crippen LogP contribution in [0, 0.1) is 5.92 Å². The molecule has 1 amide bonds. The molecule has 3 rings (SSSR count). The van der Waals surface area contributed by atoms with Crippen molar-refractivity contribution in [1.82, 2.24) is 30.4 Å². The zero-order valence-electron chi connectivity index (χ0n) is 15.8. The molecule has 1 unspecified atom stereocenters. The largest absolute Gasteiger partial charge is 0.468 e. The van der Waals surface area contributed by atoms with Crippen LogP contribution in [-0.2, 0) is 23.4 Å². The maximum absolute atomic E-state index is 12.0. The molecule has 1 aliphatic rings. The van der Waals surface area contributed by atoms with E-state index in [-0.39, 0.29) is 5.91 Å². The number of furan rings is 1. The van der Waals surface area contributed by atoms with E-state index in [1.807, 2.05) is 21.7 Å². The molecule has 8 nitrogen and oxygen atoms in total. The van der Waals surface area contributed by atoms with Crippen molar-refractivity contribution >= 4 is 5.91 Å². The van der Waals surface area contributed by atoms with Gasteiger partial charge in [0.15, 0.2) is 5.82 Å². The lowest BCUT2D eigenvalue weighted by Gasteiger charge is -2.42. The lowest BCUT2D eigenvalue weighted by Crippen LogP contribution is -2.56. The molecule has 1 fully saturated rings. The minimum absolute atomic E-state index is 0.0788. The van der Waals surface area contributed by atoms with Gasteiger partial charge in [0.25, 0.3) is 0 Å². The monoisotopic (exact) mass is 360 g/mol. The fourth-order valence-corrected chi connectivity index (χ4v) is 3.48. The second kappa shape index (κ2) is 7.99. The number of likely N-dealkylation sites (tertiary alicyclic amines) is 1. The van der Waals surface area contributed by atoms with Gasteiger partial charge in [-0.1, -0.05) is 13.8 Å². The summed E-state index contributed by atoms with van der Waals surface area (Å²) in [4.78, 5) is 13.9. The summed E-state index contributed by atoms with van der Waals surface area (Å²) in [5.74, 6) is 2.30. The summed E-state index contributed by atoms with van der Waals surface area (Å²) in [7, 11) is 0. The predicted octanol–water partition coefficient (Wildman–Crippen LogP) is 1.94. The molecule has 1 aliphatic heterocycles. The molecule has 142 valence electrons. The Kier molecular flexibility index (Phi) is 5.70. The zero-order chi connectivity index (χ0) is 18.6. The Hall–Kier alpha value is -2.22. The maximum Gasteiger partial charge on any atom is 0.219 e. The van der Waals surface area contributed by atoms with E-state index in [4.69, 9.17) is 4.42 Å². The van der Waals surface area contributed by atoms with Crippen molar-refractivity contribution in [2.45, 2.75) is 58.7 Å². The summed E-state index contributed by atoms with van der Waals surface area (Å²) >= 11 is 0. The van der Waals surface area contributed by atoms with Gasteiger partial charge in [-0.3, -0.25) is 10.1 Å². The van der Waals surface area contributed by atoms with Crippen LogP contribution in [0.1, 0.15) is 51.6 Å². The van der Waals surface area contributed by atoms with E-state index in [2.05, 4.69) is 34.7 Å². The number of tetrazole rings is 1. The van der Waals surface area contributed by atoms with Crippen molar-refractivity contribution in [3.63, 3.8) is 0 Å². The van der Waals surface area contributed by atoms with Gasteiger partial charge in [0.1, 0.15) is 5.76 Å². The topological polar surface area (TPSA) is 89.1 Å². The van der Waals surface area contributed by atoms with Gasteiger partial charge < -0.3 is 9.32 Å². The van der Waals surface area contributed by atoms with Crippen molar-refractivity contribution in [3.8, 4) is 0 Å². The summed E-state index contributed by atoms with van der Waals surface area (Å²) in [6.45, 7) is 8.66. The first-order valence-corrected chi connectivity index (χ1v) is 9.30. The van der Waals surface area contributed by atoms with E-state index >= 15 is 0 Å². The first kappa shape index (κ1) is 18.6. The van der Waals surface area contributed by atoms with E-state index in [1.54, 1.807) is 13.2 Å². The number of hydrogen-bond donors (Lipinski definition) is 1. The van der Waals surface area contributed by atoms with E-state index in [9.17, 15) is 4.79 Å². The second-order valence-corrected chi connectivity index (χ2v) is 7.47. The number of piperidine rings is 1. The van der Waals surface area contributed by atoms with Crippen LogP contribution in [0.5, 0.6) is 0 Å². The number of rotatable bonds is 7. The van der Waals surface area contributed by atoms with E-state index in [1.165, 1.54) is 0 Å². The minimum Gasteiger partial charge on any atom is -0.468 e. The molecule has 0 spiro atoms. The van der Waals surface area contributed by atoms with Gasteiger partial charge in [0.05, 0.1) is 18.3 Å². The molecular formula is C18H28N6O2. The average Bonchev–Trinajstić information content (AvgIpc) is 3.30. The van der Waals surface area contributed by atoms with Crippen LogP contribution >= 0.6 is 0 Å². The van der Waals surface area contributed by atoms with Gasteiger partial charge in [-0.2, -0.15) is 0 Å². The molecule has 1 atom stereocenters. The van der Waals surface area contributed by atoms with Crippen molar-refractivity contribution < 1.29 is 9.21 Å². The molecule has 0 saturated carbocycles. The summed E-state index contributed by atoms with van der Waals surface area (Å²) in [6, 6.07) is 3.81. The molecule has 0 radical (unpaired) electrons. The number of nitrogens with one attached hydrogen (secondary N) is 1. The molecule has 2 aromatic rings. The Morgan fingerprint density at radius 3 is 3.00 bits per heavy atom. The van der Waals surface area contributed by atoms with Gasteiger partial charge in [0, 0.05) is 26.6 Å². The number of carbonyl (C=O) groups excluding carboxylic acids is 1. The quantitative estimate of drug-likeness (QED) is 0.812. The number of hydrogen-bond acceptors (Lipinski definition) is 6. The van der Waals surface area contributed by atoms with Crippen LogP contribution in [0.2, 0.25) is 0 Å². The molecule has 1 N–H and O–H groups in total. The minimum atomic E-state index is -0.475. The van der Waals surface area contributed by atoms with Crippen LogP contribution in [0.25, 0.3) is 0 Å². The highest BCUT2D eigenvalue weighted by atomic mass is 16.3. The van der Waals surface area contributed by atoms with Crippen molar-refractivity contribution in [1.29, 1.82) is 0 Å². The highest BCUT2D eigenvalue weighted by molar-refractivity contribution is 5.73. The number of nitrogens with zero attached hydrogens (tertiary/aromatic N) is 5. The number of amides is 1. The van der Waals surface area contributed by atoms with Crippen LogP contribution in [-0.4, -0.2) is 44.1 Å². The normalized spacial score (nSPS) is 20.7. The van der Waals surface area contributed by atoms with Crippen molar-refractivity contribution in [2.75, 3.05) is 13.1 Å². The van der Waals surface area contributed by atoms with E-state index in [0.717, 1.165) is 43.9 Å². The van der Waals surface area contributed by atoms with E-state index < -0.39 is 5.54 Å². The number of aromatic nitrogens is 4. The number of carbonyl (C=O) groups is 1. The van der Waals surface area contributed by atoms with Crippen LogP contribution in [0.3, 0.4) is 0 Å². The first-order valence-electron chi connectivity index (χ1n) is 9.30. The summed E-state index contributed by atoms with van der Waals surface area (Å²) in [6.07, 6.45) is 4.45. The van der Waals surface area contributed by atoms with Gasteiger partial charge >= 0.3 is 0 Å². The fourth-order valence-electron chi connectivity index (χ4n) is 3.48. The molecule has 8 heteroatoms. The van der Waals surface area contributed by atoms with Crippen LogP contribution < -0.4 is 5.32 Å². The van der Waals surface area contributed by atoms with Gasteiger partial charge in [0.2, 0.25) is 5.91 Å². The molecule has 2 aromatic heterocycles. The van der Waals surface area contributed by atoms with Crippen LogP contribution in [0.4, 0.5) is 0 Å². The summed E-state index contributed by atoms with van der Waals surface area (Å²) in [5, 5.41) is 16.1. The zero-order valence-corrected chi connectivity index (χ0v) is 15.8. The Morgan fingerprint density at radius 1 is 1.46 bits per heavy atom. The summed E-state index contributed by atoms with van der Waals surface area (Å²) < 4.78 is 7.36. The predicted molar refractivity (Wildman–Crippen MR) is 96.0 cm³/mol. The lowest BCUT2D eigenvalue weighted by molar-refractivity contribution is -0.131. The lowest BCUT2D eigenvalue weighted by atomic mass is 9.87. The molecular weight excluding hydrogens is 332 g/mol. The molecule has 0 aromatic carbocycles. The highest BCUT2D eigenvalue weighted by Gasteiger charge is 2.42. The SMILES string of the molecule is CC(=O)N1CCCC(NCc2ccco2)(c2nnnn2CCC(C)C)C1. The number of aryl methyl sites for hydroxylation is 1. The van der Waals surface area contributed by atoms with Crippen molar-refractivity contribution in [3.05, 3.63) is 30.0 Å². The Balaban J connectivity index is 1.87. The van der Waals surface area contributed by atoms with Gasteiger partial charge in [-0.05, 0) is 47.7 Å². The van der Waals surface area contributed by atoms with Crippen molar-refractivity contribution in [2.24, 2.45) is 5.92 Å². The Labute approximate surface area is 153 Å². The van der Waals surface area contributed by atoms with Gasteiger partial charge in [-0.25, -0.2) is 4.68 Å². The second-order valence-electron chi connectivity index (χ2n) is 7.47. The standard InChI is InChI=1S/C18H28N6O2/c1-14(2)7-10-24-17(20-21-22-24)18(19-12-16-6-4-11-26-16)8-5-9-23(13-18)15(3)25/h4,6,11,14,19H,5,7-10,12-13H2,1-3H3. The molecule has 0 bridgehead atoms. The Morgan fingerprint density at radius 2 is 2.31 bits per heavy atom. The third-order valence-corrected chi connectivity index (χ3v) is 5.00. The average molecular weight is 360 g/mol. The smallest absolute Gasteiger partial charge is 0.219 e. The first-order chi connectivity index (χ1) is 12.5. The van der Waals surface area contributed by atoms with Crippen LogP contribution in [0.15, 0.2) is 22.8 Å².